The molecule has 4 aliphatic rings. The zero-order valence-electron chi connectivity index (χ0n) is 23.2. The fourth-order valence-corrected chi connectivity index (χ4v) is 6.95. The zero-order valence-corrected chi connectivity index (χ0v) is 23.2. The van der Waals surface area contributed by atoms with Crippen LogP contribution in [-0.4, -0.2) is 83.6 Å². The number of hydrogen-bond donors (Lipinski definition) is 0. The summed E-state index contributed by atoms with van der Waals surface area (Å²) in [6.07, 6.45) is 5.61. The third kappa shape index (κ3) is 4.86. The number of hydrogen-bond acceptors (Lipinski definition) is 7. The fourth-order valence-electron chi connectivity index (χ4n) is 6.95. The maximum absolute atomic E-state index is 13.5. The van der Waals surface area contributed by atoms with E-state index in [-0.39, 0.29) is 5.54 Å². The lowest BCUT2D eigenvalue weighted by atomic mass is 9.95. The molecule has 5 heterocycles. The standard InChI is InChI=1S/C30H39FN6O2/c1-21-7-4-8-26(22(21)2)36-14-9-24-25(19-36)32-29(39-20-30-10-5-12-37(30)13-6-11-30)33-27(24)34-15-17-35(18-16-34)28(38)23(3)31/h4,7-8H,3,5-6,9-20H2,1-2H3. The minimum Gasteiger partial charge on any atom is -0.461 e. The first kappa shape index (κ1) is 26.0. The average Bonchev–Trinajstić information content (AvgIpc) is 3.53. The lowest BCUT2D eigenvalue weighted by molar-refractivity contribution is -0.128. The molecule has 0 unspecified atom stereocenters. The van der Waals surface area contributed by atoms with Crippen LogP contribution in [0.1, 0.15) is 48.1 Å². The molecular weight excluding hydrogens is 495 g/mol. The van der Waals surface area contributed by atoms with Crippen molar-refractivity contribution < 1.29 is 13.9 Å². The van der Waals surface area contributed by atoms with Crippen LogP contribution in [0.25, 0.3) is 0 Å². The number of aryl methyl sites for hydroxylation is 1. The smallest absolute Gasteiger partial charge is 0.318 e. The van der Waals surface area contributed by atoms with Crippen molar-refractivity contribution in [1.82, 2.24) is 19.8 Å². The summed E-state index contributed by atoms with van der Waals surface area (Å²) in [5.74, 6) is -0.629. The molecule has 6 rings (SSSR count). The van der Waals surface area contributed by atoms with Crippen molar-refractivity contribution in [1.29, 1.82) is 0 Å². The number of anilines is 2. The Labute approximate surface area is 230 Å². The van der Waals surface area contributed by atoms with Crippen LogP contribution in [0.3, 0.4) is 0 Å². The first-order valence-electron chi connectivity index (χ1n) is 14.3. The second kappa shape index (κ2) is 10.4. The predicted molar refractivity (Wildman–Crippen MR) is 150 cm³/mol. The Kier molecular flexibility index (Phi) is 6.95. The third-order valence-electron chi connectivity index (χ3n) is 9.32. The molecule has 0 N–H and O–H groups in total. The first-order chi connectivity index (χ1) is 18.8. The van der Waals surface area contributed by atoms with E-state index in [1.807, 2.05) is 0 Å². The van der Waals surface area contributed by atoms with E-state index in [4.69, 9.17) is 14.7 Å². The molecule has 39 heavy (non-hydrogen) atoms. The summed E-state index contributed by atoms with van der Waals surface area (Å²) in [6, 6.07) is 6.90. The molecule has 8 nitrogen and oxygen atoms in total. The van der Waals surface area contributed by atoms with Crippen LogP contribution in [-0.2, 0) is 17.8 Å². The van der Waals surface area contributed by atoms with Crippen LogP contribution in [0.5, 0.6) is 6.01 Å². The van der Waals surface area contributed by atoms with Crippen molar-refractivity contribution in [3.63, 3.8) is 0 Å². The average molecular weight is 535 g/mol. The van der Waals surface area contributed by atoms with E-state index in [0.29, 0.717) is 45.3 Å². The molecule has 0 radical (unpaired) electrons. The van der Waals surface area contributed by atoms with Crippen molar-refractivity contribution in [3.8, 4) is 6.01 Å². The highest BCUT2D eigenvalue weighted by Gasteiger charge is 2.45. The second-order valence-corrected chi connectivity index (χ2v) is 11.5. The molecule has 0 spiro atoms. The SMILES string of the molecule is C=C(F)C(=O)N1CCN(c2nc(OCC34CCCN3CCC4)nc3c2CCN(c2cccc(C)c2C)C3)CC1. The molecule has 2 aromatic rings. The number of amides is 1. The molecule has 0 saturated carbocycles. The highest BCUT2D eigenvalue weighted by Crippen LogP contribution is 2.39. The van der Waals surface area contributed by atoms with E-state index in [2.05, 4.69) is 53.3 Å². The number of fused-ring (bicyclic) bond motifs is 2. The van der Waals surface area contributed by atoms with Gasteiger partial charge in [-0.05, 0) is 76.2 Å². The summed E-state index contributed by atoms with van der Waals surface area (Å²) in [5.41, 5.74) is 6.10. The van der Waals surface area contributed by atoms with E-state index in [0.717, 1.165) is 43.1 Å². The molecule has 1 aromatic carbocycles. The summed E-state index contributed by atoms with van der Waals surface area (Å²) in [5, 5.41) is 0. The second-order valence-electron chi connectivity index (χ2n) is 11.5. The first-order valence-corrected chi connectivity index (χ1v) is 14.3. The molecule has 4 aliphatic heterocycles. The van der Waals surface area contributed by atoms with Gasteiger partial charge in [-0.2, -0.15) is 9.97 Å². The van der Waals surface area contributed by atoms with E-state index in [1.165, 1.54) is 47.4 Å². The number of carbonyl (C=O) groups is 1. The molecule has 0 aliphatic carbocycles. The van der Waals surface area contributed by atoms with Gasteiger partial charge in [-0.15, -0.1) is 0 Å². The highest BCUT2D eigenvalue weighted by atomic mass is 19.1. The fraction of sp³-hybridized carbons (Fsp3) is 0.567. The Hall–Kier alpha value is -3.20. The van der Waals surface area contributed by atoms with Gasteiger partial charge in [0.05, 0.1) is 17.8 Å². The Morgan fingerprint density at radius 3 is 2.49 bits per heavy atom. The van der Waals surface area contributed by atoms with Gasteiger partial charge < -0.3 is 19.4 Å². The number of ether oxygens (including phenoxy) is 1. The van der Waals surface area contributed by atoms with Crippen molar-refractivity contribution in [2.75, 3.05) is 62.2 Å². The number of piperazine rings is 1. The number of halogens is 1. The lowest BCUT2D eigenvalue weighted by Crippen LogP contribution is -2.49. The highest BCUT2D eigenvalue weighted by molar-refractivity contribution is 5.90. The van der Waals surface area contributed by atoms with Gasteiger partial charge in [0.2, 0.25) is 0 Å². The summed E-state index contributed by atoms with van der Waals surface area (Å²) in [4.78, 5) is 30.8. The van der Waals surface area contributed by atoms with Gasteiger partial charge in [-0.25, -0.2) is 4.39 Å². The van der Waals surface area contributed by atoms with Gasteiger partial charge in [0.25, 0.3) is 5.91 Å². The van der Waals surface area contributed by atoms with Crippen LogP contribution in [0.4, 0.5) is 15.9 Å². The molecule has 3 saturated heterocycles. The molecule has 0 bridgehead atoms. The van der Waals surface area contributed by atoms with E-state index in [1.54, 1.807) is 0 Å². The molecule has 3 fully saturated rings. The van der Waals surface area contributed by atoms with Crippen molar-refractivity contribution in [2.24, 2.45) is 0 Å². The number of nitrogens with zero attached hydrogens (tertiary/aromatic N) is 6. The van der Waals surface area contributed by atoms with Crippen LogP contribution in [0, 0.1) is 13.8 Å². The third-order valence-corrected chi connectivity index (χ3v) is 9.32. The van der Waals surface area contributed by atoms with E-state index < -0.39 is 11.7 Å². The van der Waals surface area contributed by atoms with Gasteiger partial charge in [0.15, 0.2) is 5.83 Å². The van der Waals surface area contributed by atoms with Crippen LogP contribution in [0.15, 0.2) is 30.6 Å². The molecule has 9 heteroatoms. The summed E-state index contributed by atoms with van der Waals surface area (Å²) >= 11 is 0. The Morgan fingerprint density at radius 1 is 1.03 bits per heavy atom. The van der Waals surface area contributed by atoms with Crippen molar-refractivity contribution in [2.45, 2.75) is 58.0 Å². The Bertz CT molecular complexity index is 1260. The van der Waals surface area contributed by atoms with Crippen LogP contribution < -0.4 is 14.5 Å². The largest absolute Gasteiger partial charge is 0.461 e. The number of benzene rings is 1. The molecule has 1 amide bonds. The monoisotopic (exact) mass is 534 g/mol. The van der Waals surface area contributed by atoms with Gasteiger partial charge in [-0.1, -0.05) is 18.7 Å². The summed E-state index contributed by atoms with van der Waals surface area (Å²) < 4.78 is 19.9. The molecule has 208 valence electrons. The number of rotatable bonds is 6. The maximum Gasteiger partial charge on any atom is 0.318 e. The minimum atomic E-state index is -0.905. The molecule has 0 atom stereocenters. The van der Waals surface area contributed by atoms with E-state index >= 15 is 0 Å². The van der Waals surface area contributed by atoms with Gasteiger partial charge >= 0.3 is 6.01 Å². The van der Waals surface area contributed by atoms with Gasteiger partial charge in [0.1, 0.15) is 12.4 Å². The molecular formula is C30H39FN6O2. The van der Waals surface area contributed by atoms with Crippen LogP contribution >= 0.6 is 0 Å². The number of carbonyl (C=O) groups excluding carboxylic acids is 1. The van der Waals surface area contributed by atoms with Crippen molar-refractivity contribution in [3.05, 3.63) is 53.0 Å². The summed E-state index contributed by atoms with van der Waals surface area (Å²) in [6.45, 7) is 14.0. The quantitative estimate of drug-likeness (QED) is 0.523. The Morgan fingerprint density at radius 2 is 1.77 bits per heavy atom. The maximum atomic E-state index is 13.5. The lowest BCUT2D eigenvalue weighted by Gasteiger charge is -2.38. The Balaban J connectivity index is 1.28. The molecule has 1 aromatic heterocycles. The minimum absolute atomic E-state index is 0.116. The van der Waals surface area contributed by atoms with Gasteiger partial charge in [-0.3, -0.25) is 9.69 Å². The van der Waals surface area contributed by atoms with Crippen LogP contribution in [0.2, 0.25) is 0 Å². The zero-order chi connectivity index (χ0) is 27.1. The topological polar surface area (TPSA) is 65.0 Å². The predicted octanol–water partition coefficient (Wildman–Crippen LogP) is 3.80. The number of aromatic nitrogens is 2. The summed E-state index contributed by atoms with van der Waals surface area (Å²) in [7, 11) is 0. The van der Waals surface area contributed by atoms with Gasteiger partial charge in [0, 0.05) is 44.0 Å². The normalized spacial score (nSPS) is 20.6. The van der Waals surface area contributed by atoms with E-state index in [9.17, 15) is 9.18 Å². The van der Waals surface area contributed by atoms with Crippen molar-refractivity contribution >= 4 is 17.4 Å².